The minimum Gasteiger partial charge on any atom is -0.383 e. The van der Waals surface area contributed by atoms with Crippen LogP contribution in [0.5, 0.6) is 0 Å². The number of rotatable bonds is 2. The van der Waals surface area contributed by atoms with Gasteiger partial charge in [-0.3, -0.25) is 0 Å². The highest BCUT2D eigenvalue weighted by Gasteiger charge is 2.16. The van der Waals surface area contributed by atoms with Gasteiger partial charge in [0.1, 0.15) is 5.82 Å². The molecule has 0 aliphatic heterocycles. The van der Waals surface area contributed by atoms with E-state index in [9.17, 15) is 0 Å². The Morgan fingerprint density at radius 2 is 2.12 bits per heavy atom. The van der Waals surface area contributed by atoms with E-state index in [1.165, 1.54) is 9.75 Å². The van der Waals surface area contributed by atoms with Crippen molar-refractivity contribution in [2.45, 2.75) is 32.7 Å². The number of anilines is 1. The van der Waals surface area contributed by atoms with E-state index >= 15 is 0 Å². The molecule has 0 saturated heterocycles. The second kappa shape index (κ2) is 4.46. The number of hydrogen-bond donors (Lipinski definition) is 1. The third-order valence-corrected chi connectivity index (χ3v) is 4.65. The van der Waals surface area contributed by atoms with E-state index in [4.69, 9.17) is 5.73 Å². The Balaban J connectivity index is 2.20. The Bertz CT molecular complexity index is 522. The van der Waals surface area contributed by atoms with Crippen LogP contribution in [0.15, 0.2) is 22.8 Å². The zero-order valence-corrected chi connectivity index (χ0v) is 12.6. The van der Waals surface area contributed by atoms with Crippen LogP contribution in [0.2, 0.25) is 0 Å². The van der Waals surface area contributed by atoms with Crippen molar-refractivity contribution in [1.82, 2.24) is 9.78 Å². The molecule has 2 aromatic rings. The topological polar surface area (TPSA) is 43.8 Å². The van der Waals surface area contributed by atoms with Gasteiger partial charge in [-0.25, -0.2) is 4.68 Å². The number of nitrogens with two attached hydrogens (primary N) is 1. The SMILES string of the molecule is CC(C)(C)c1ccc(Cn2ncc(Br)c2N)s1. The molecule has 5 heteroatoms. The quantitative estimate of drug-likeness (QED) is 0.920. The lowest BCUT2D eigenvalue weighted by Crippen LogP contribution is -2.08. The predicted octanol–water partition coefficient (Wildman–Crippen LogP) is 3.64. The van der Waals surface area contributed by atoms with Gasteiger partial charge in [-0.1, -0.05) is 20.8 Å². The maximum Gasteiger partial charge on any atom is 0.136 e. The highest BCUT2D eigenvalue weighted by atomic mass is 79.9. The van der Waals surface area contributed by atoms with Gasteiger partial charge in [0.2, 0.25) is 0 Å². The number of nitrogen functional groups attached to an aromatic ring is 1. The van der Waals surface area contributed by atoms with E-state index < -0.39 is 0 Å². The minimum atomic E-state index is 0.208. The van der Waals surface area contributed by atoms with Gasteiger partial charge in [-0.15, -0.1) is 11.3 Å². The summed E-state index contributed by atoms with van der Waals surface area (Å²) in [6.45, 7) is 7.41. The molecular formula is C12H16BrN3S. The summed E-state index contributed by atoms with van der Waals surface area (Å²) in [6.07, 6.45) is 1.73. The first-order valence-electron chi connectivity index (χ1n) is 5.44. The van der Waals surface area contributed by atoms with E-state index in [1.807, 2.05) is 16.0 Å². The molecule has 3 nitrogen and oxygen atoms in total. The van der Waals surface area contributed by atoms with Gasteiger partial charge in [-0.05, 0) is 33.5 Å². The van der Waals surface area contributed by atoms with Crippen molar-refractivity contribution in [3.05, 3.63) is 32.6 Å². The Kier molecular flexibility index (Phi) is 3.32. The van der Waals surface area contributed by atoms with Crippen LogP contribution in [0.4, 0.5) is 5.82 Å². The molecule has 0 saturated carbocycles. The van der Waals surface area contributed by atoms with Crippen LogP contribution in [-0.4, -0.2) is 9.78 Å². The zero-order valence-electron chi connectivity index (χ0n) is 10.2. The summed E-state index contributed by atoms with van der Waals surface area (Å²) < 4.78 is 2.66. The zero-order chi connectivity index (χ0) is 12.6. The molecular weight excluding hydrogens is 298 g/mol. The van der Waals surface area contributed by atoms with Gasteiger partial charge in [0, 0.05) is 9.75 Å². The first-order valence-corrected chi connectivity index (χ1v) is 7.05. The second-order valence-corrected chi connectivity index (χ2v) is 7.07. The van der Waals surface area contributed by atoms with Crippen LogP contribution in [-0.2, 0) is 12.0 Å². The molecule has 0 bridgehead atoms. The molecule has 0 spiro atoms. The van der Waals surface area contributed by atoms with Crippen LogP contribution in [0.3, 0.4) is 0 Å². The monoisotopic (exact) mass is 313 g/mol. The Hall–Kier alpha value is -0.810. The van der Waals surface area contributed by atoms with Crippen molar-refractivity contribution < 1.29 is 0 Å². The third kappa shape index (κ3) is 2.72. The van der Waals surface area contributed by atoms with Gasteiger partial charge >= 0.3 is 0 Å². The van der Waals surface area contributed by atoms with Crippen molar-refractivity contribution in [1.29, 1.82) is 0 Å². The largest absolute Gasteiger partial charge is 0.383 e. The van der Waals surface area contributed by atoms with Crippen molar-refractivity contribution in [3.63, 3.8) is 0 Å². The molecule has 0 radical (unpaired) electrons. The number of halogens is 1. The number of hydrogen-bond acceptors (Lipinski definition) is 3. The highest BCUT2D eigenvalue weighted by Crippen LogP contribution is 2.30. The molecule has 0 aliphatic rings. The normalized spacial score (nSPS) is 12.0. The molecule has 2 heterocycles. The van der Waals surface area contributed by atoms with E-state index in [1.54, 1.807) is 6.20 Å². The van der Waals surface area contributed by atoms with Crippen LogP contribution in [0.25, 0.3) is 0 Å². The van der Waals surface area contributed by atoms with Crippen molar-refractivity contribution in [2.24, 2.45) is 0 Å². The van der Waals surface area contributed by atoms with Crippen molar-refractivity contribution >= 4 is 33.1 Å². The molecule has 0 amide bonds. The number of nitrogens with zero attached hydrogens (tertiary/aromatic N) is 2. The van der Waals surface area contributed by atoms with E-state index in [0.29, 0.717) is 5.82 Å². The first-order chi connectivity index (χ1) is 7.88. The summed E-state index contributed by atoms with van der Waals surface area (Å²) in [5.74, 6) is 0.677. The van der Waals surface area contributed by atoms with Gasteiger partial charge in [0.25, 0.3) is 0 Å². The third-order valence-electron chi connectivity index (χ3n) is 2.54. The number of aromatic nitrogens is 2. The Morgan fingerprint density at radius 1 is 1.41 bits per heavy atom. The molecule has 0 aliphatic carbocycles. The van der Waals surface area contributed by atoms with Gasteiger partial charge in [-0.2, -0.15) is 5.10 Å². The van der Waals surface area contributed by atoms with Crippen LogP contribution in [0.1, 0.15) is 30.5 Å². The molecule has 0 aromatic carbocycles. The van der Waals surface area contributed by atoms with Crippen molar-refractivity contribution in [3.8, 4) is 0 Å². The molecule has 17 heavy (non-hydrogen) atoms. The molecule has 92 valence electrons. The molecule has 2 aromatic heterocycles. The molecule has 0 unspecified atom stereocenters. The summed E-state index contributed by atoms with van der Waals surface area (Å²) in [6, 6.07) is 4.34. The molecule has 0 fully saturated rings. The fraction of sp³-hybridized carbons (Fsp3) is 0.417. The Labute approximate surface area is 114 Å². The van der Waals surface area contributed by atoms with E-state index in [0.717, 1.165) is 11.0 Å². The standard InChI is InChI=1S/C12H16BrN3S/c1-12(2,3)10-5-4-8(17-10)7-16-11(14)9(13)6-15-16/h4-6H,7,14H2,1-3H3. The smallest absolute Gasteiger partial charge is 0.136 e. The predicted molar refractivity (Wildman–Crippen MR) is 76.5 cm³/mol. The lowest BCUT2D eigenvalue weighted by atomic mass is 9.95. The lowest BCUT2D eigenvalue weighted by molar-refractivity contribution is 0.604. The van der Waals surface area contributed by atoms with E-state index in [-0.39, 0.29) is 5.41 Å². The summed E-state index contributed by atoms with van der Waals surface area (Å²) in [5.41, 5.74) is 6.11. The Morgan fingerprint density at radius 3 is 2.59 bits per heavy atom. The summed E-state index contributed by atoms with van der Waals surface area (Å²) in [7, 11) is 0. The van der Waals surface area contributed by atoms with E-state index in [2.05, 4.69) is 53.9 Å². The average molecular weight is 314 g/mol. The second-order valence-electron chi connectivity index (χ2n) is 5.05. The van der Waals surface area contributed by atoms with Crippen LogP contribution in [0, 0.1) is 0 Å². The molecule has 2 rings (SSSR count). The van der Waals surface area contributed by atoms with Gasteiger partial charge < -0.3 is 5.73 Å². The first kappa shape index (κ1) is 12.6. The van der Waals surface area contributed by atoms with Gasteiger partial charge in [0.15, 0.2) is 0 Å². The van der Waals surface area contributed by atoms with Gasteiger partial charge in [0.05, 0.1) is 17.2 Å². The summed E-state index contributed by atoms with van der Waals surface area (Å²) in [4.78, 5) is 2.66. The fourth-order valence-corrected chi connectivity index (χ4v) is 2.86. The van der Waals surface area contributed by atoms with Crippen LogP contribution >= 0.6 is 27.3 Å². The lowest BCUT2D eigenvalue weighted by Gasteiger charge is -2.15. The van der Waals surface area contributed by atoms with Crippen molar-refractivity contribution in [2.75, 3.05) is 5.73 Å². The molecule has 2 N–H and O–H groups in total. The fourth-order valence-electron chi connectivity index (χ4n) is 1.51. The average Bonchev–Trinajstić information content (AvgIpc) is 2.80. The van der Waals surface area contributed by atoms with Crippen LogP contribution < -0.4 is 5.73 Å². The summed E-state index contributed by atoms with van der Waals surface area (Å²) >= 11 is 5.18. The maximum atomic E-state index is 5.90. The number of thiophene rings is 1. The summed E-state index contributed by atoms with van der Waals surface area (Å²) in [5, 5.41) is 4.23. The maximum absolute atomic E-state index is 5.90. The highest BCUT2D eigenvalue weighted by molar-refractivity contribution is 9.10. The minimum absolute atomic E-state index is 0.208. The molecule has 0 atom stereocenters.